The zero-order valence-corrected chi connectivity index (χ0v) is 18.7. The van der Waals surface area contributed by atoms with Crippen molar-refractivity contribution in [1.82, 2.24) is 10.2 Å². The molecule has 0 bridgehead atoms. The number of halogens is 3. The third-order valence-electron chi connectivity index (χ3n) is 5.93. The third-order valence-corrected chi connectivity index (χ3v) is 5.93. The van der Waals surface area contributed by atoms with Crippen molar-refractivity contribution < 1.29 is 27.7 Å². The van der Waals surface area contributed by atoms with Crippen LogP contribution in [0.15, 0.2) is 42.5 Å². The van der Waals surface area contributed by atoms with Gasteiger partial charge in [-0.3, -0.25) is 24.6 Å². The Bertz CT molecular complexity index is 1130. The van der Waals surface area contributed by atoms with Gasteiger partial charge in [0.2, 0.25) is 5.91 Å². The minimum Gasteiger partial charge on any atom is -0.363 e. The monoisotopic (exact) mass is 491 g/mol. The first kappa shape index (κ1) is 24.5. The summed E-state index contributed by atoms with van der Waals surface area (Å²) in [7, 11) is 0. The molecule has 35 heavy (non-hydrogen) atoms. The van der Waals surface area contributed by atoms with Crippen molar-refractivity contribution in [2.24, 2.45) is 0 Å². The molecule has 0 spiro atoms. The molecule has 4 rings (SSSR count). The molecule has 2 fully saturated rings. The van der Waals surface area contributed by atoms with E-state index in [1.165, 1.54) is 24.3 Å². The quantitative estimate of drug-likeness (QED) is 0.455. The van der Waals surface area contributed by atoms with Gasteiger partial charge in [0.05, 0.1) is 22.7 Å². The van der Waals surface area contributed by atoms with Gasteiger partial charge in [0, 0.05) is 43.9 Å². The molecule has 2 amide bonds. The zero-order valence-electron chi connectivity index (χ0n) is 18.7. The first-order valence-corrected chi connectivity index (χ1v) is 11.1. The Balaban J connectivity index is 1.36. The molecule has 0 radical (unpaired) electrons. The van der Waals surface area contributed by atoms with Crippen LogP contribution in [0.25, 0.3) is 0 Å². The van der Waals surface area contributed by atoms with Gasteiger partial charge in [-0.25, -0.2) is 0 Å². The Kier molecular flexibility index (Phi) is 6.92. The maximum absolute atomic E-state index is 13.1. The number of nitro benzene ring substituents is 1. The number of nitrogens with zero attached hydrogens (tertiary/aromatic N) is 3. The van der Waals surface area contributed by atoms with Crippen molar-refractivity contribution in [3.8, 4) is 0 Å². The number of nitrogens with one attached hydrogen (secondary N) is 2. The number of piperazine rings is 1. The summed E-state index contributed by atoms with van der Waals surface area (Å²) in [5.41, 5.74) is -0.795. The molecule has 9 nitrogen and oxygen atoms in total. The molecule has 1 saturated heterocycles. The molecule has 0 unspecified atom stereocenters. The minimum atomic E-state index is -4.58. The van der Waals surface area contributed by atoms with Crippen molar-refractivity contribution in [2.75, 3.05) is 42.9 Å². The highest BCUT2D eigenvalue weighted by Crippen LogP contribution is 2.34. The lowest BCUT2D eigenvalue weighted by Crippen LogP contribution is -2.48. The van der Waals surface area contributed by atoms with Gasteiger partial charge < -0.3 is 15.5 Å². The fourth-order valence-corrected chi connectivity index (χ4v) is 3.95. The van der Waals surface area contributed by atoms with E-state index in [1.807, 2.05) is 0 Å². The molecular formula is C23H24F3N5O4. The summed E-state index contributed by atoms with van der Waals surface area (Å²) < 4.78 is 39.4. The number of benzene rings is 2. The minimum absolute atomic E-state index is 0.109. The van der Waals surface area contributed by atoms with Crippen LogP contribution < -0.4 is 15.5 Å². The Morgan fingerprint density at radius 1 is 1.06 bits per heavy atom. The maximum Gasteiger partial charge on any atom is 0.418 e. The fraction of sp³-hybridized carbons (Fsp3) is 0.391. The van der Waals surface area contributed by atoms with Crippen LogP contribution in [0.2, 0.25) is 0 Å². The standard InChI is InChI=1S/C23H24F3N5O4/c24-23(25,26)17-3-1-2-4-18(17)28-21(32)14-29-9-11-30(12-10-29)19-8-5-15(13-20(19)31(34)35)22(33)27-16-6-7-16/h1-5,8,13,16H,6-7,9-12,14H2,(H,27,33)(H,28,32). The molecule has 2 N–H and O–H groups in total. The van der Waals surface area contributed by atoms with Gasteiger partial charge >= 0.3 is 6.18 Å². The van der Waals surface area contributed by atoms with E-state index in [1.54, 1.807) is 21.9 Å². The van der Waals surface area contributed by atoms with Crippen molar-refractivity contribution in [3.05, 3.63) is 63.7 Å². The summed E-state index contributed by atoms with van der Waals surface area (Å²) in [6.07, 6.45) is -2.77. The number of alkyl halides is 3. The van der Waals surface area contributed by atoms with Crippen molar-refractivity contribution in [1.29, 1.82) is 0 Å². The van der Waals surface area contributed by atoms with Gasteiger partial charge in [0.25, 0.3) is 11.6 Å². The van der Waals surface area contributed by atoms with E-state index in [4.69, 9.17) is 0 Å². The molecule has 2 aromatic rings. The van der Waals surface area contributed by atoms with Crippen LogP contribution in [0.3, 0.4) is 0 Å². The normalized spacial score (nSPS) is 16.6. The second-order valence-electron chi connectivity index (χ2n) is 8.56. The third kappa shape index (κ3) is 6.07. The summed E-state index contributed by atoms with van der Waals surface area (Å²) in [6, 6.07) is 9.28. The molecule has 12 heteroatoms. The van der Waals surface area contributed by atoms with Crippen molar-refractivity contribution >= 4 is 28.9 Å². The van der Waals surface area contributed by atoms with Gasteiger partial charge in [0.15, 0.2) is 0 Å². The van der Waals surface area contributed by atoms with Crippen LogP contribution in [-0.4, -0.2) is 60.4 Å². The Morgan fingerprint density at radius 2 is 1.74 bits per heavy atom. The highest BCUT2D eigenvalue weighted by atomic mass is 19.4. The summed E-state index contributed by atoms with van der Waals surface area (Å²) in [5.74, 6) is -0.919. The second kappa shape index (κ2) is 9.90. The van der Waals surface area contributed by atoms with E-state index in [-0.39, 0.29) is 35.4 Å². The van der Waals surface area contributed by atoms with E-state index < -0.39 is 22.6 Å². The average Bonchev–Trinajstić information content (AvgIpc) is 3.63. The van der Waals surface area contributed by atoms with Crippen LogP contribution in [0, 0.1) is 10.1 Å². The lowest BCUT2D eigenvalue weighted by Gasteiger charge is -2.35. The number of anilines is 2. The maximum atomic E-state index is 13.1. The van der Waals surface area contributed by atoms with Crippen LogP contribution in [-0.2, 0) is 11.0 Å². The Morgan fingerprint density at radius 3 is 2.37 bits per heavy atom. The smallest absolute Gasteiger partial charge is 0.363 e. The lowest BCUT2D eigenvalue weighted by molar-refractivity contribution is -0.384. The zero-order chi connectivity index (χ0) is 25.2. The highest BCUT2D eigenvalue weighted by Gasteiger charge is 2.34. The Hall–Kier alpha value is -3.67. The van der Waals surface area contributed by atoms with E-state index in [0.717, 1.165) is 18.9 Å². The van der Waals surface area contributed by atoms with E-state index in [9.17, 15) is 32.9 Å². The lowest BCUT2D eigenvalue weighted by atomic mass is 10.1. The summed E-state index contributed by atoms with van der Waals surface area (Å²) in [6.45, 7) is 1.41. The van der Waals surface area contributed by atoms with Gasteiger partial charge in [-0.1, -0.05) is 12.1 Å². The van der Waals surface area contributed by atoms with Crippen LogP contribution >= 0.6 is 0 Å². The molecular weight excluding hydrogens is 467 g/mol. The number of rotatable bonds is 7. The summed E-state index contributed by atoms with van der Waals surface area (Å²) in [4.78, 5) is 39.3. The average molecular weight is 491 g/mol. The number of carbonyl (C=O) groups excluding carboxylic acids is 2. The number of carbonyl (C=O) groups is 2. The van der Waals surface area contributed by atoms with E-state index >= 15 is 0 Å². The van der Waals surface area contributed by atoms with Gasteiger partial charge in [0.1, 0.15) is 5.69 Å². The molecule has 1 saturated carbocycles. The number of amides is 2. The summed E-state index contributed by atoms with van der Waals surface area (Å²) in [5, 5.41) is 16.8. The van der Waals surface area contributed by atoms with Crippen LogP contribution in [0.4, 0.5) is 30.2 Å². The number of nitro groups is 1. The largest absolute Gasteiger partial charge is 0.418 e. The molecule has 186 valence electrons. The van der Waals surface area contributed by atoms with Gasteiger partial charge in [-0.05, 0) is 37.1 Å². The molecule has 0 atom stereocenters. The molecule has 2 aromatic carbocycles. The van der Waals surface area contributed by atoms with Crippen LogP contribution in [0.1, 0.15) is 28.8 Å². The fourth-order valence-electron chi connectivity index (χ4n) is 3.95. The topological polar surface area (TPSA) is 108 Å². The van der Waals surface area contributed by atoms with Crippen LogP contribution in [0.5, 0.6) is 0 Å². The number of hydrogen-bond donors (Lipinski definition) is 2. The first-order valence-electron chi connectivity index (χ1n) is 11.1. The highest BCUT2D eigenvalue weighted by molar-refractivity contribution is 5.96. The Labute approximate surface area is 199 Å². The van der Waals surface area contributed by atoms with E-state index in [2.05, 4.69) is 10.6 Å². The van der Waals surface area contributed by atoms with Gasteiger partial charge in [-0.2, -0.15) is 13.2 Å². The molecule has 1 aliphatic heterocycles. The summed E-state index contributed by atoms with van der Waals surface area (Å²) >= 11 is 0. The van der Waals surface area contributed by atoms with Crippen molar-refractivity contribution in [3.63, 3.8) is 0 Å². The number of hydrogen-bond acceptors (Lipinski definition) is 6. The predicted octanol–water partition coefficient (Wildman–Crippen LogP) is 3.27. The van der Waals surface area contributed by atoms with Gasteiger partial charge in [-0.15, -0.1) is 0 Å². The van der Waals surface area contributed by atoms with E-state index in [0.29, 0.717) is 31.9 Å². The number of para-hydroxylation sites is 1. The SMILES string of the molecule is O=C(CN1CCN(c2ccc(C(=O)NC3CC3)cc2[N+](=O)[O-])CC1)Nc1ccccc1C(F)(F)F. The first-order chi connectivity index (χ1) is 16.6. The molecule has 2 aliphatic rings. The molecule has 1 aliphatic carbocycles. The second-order valence-corrected chi connectivity index (χ2v) is 8.56. The van der Waals surface area contributed by atoms with Crippen molar-refractivity contribution in [2.45, 2.75) is 25.1 Å². The predicted molar refractivity (Wildman–Crippen MR) is 122 cm³/mol. The molecule has 0 aromatic heterocycles. The molecule has 1 heterocycles.